The monoisotopic (exact) mass is 502 g/mol. The number of ether oxygens (including phenoxy) is 3. The Morgan fingerprint density at radius 1 is 1.14 bits per heavy atom. The van der Waals surface area contributed by atoms with E-state index in [9.17, 15) is 14.4 Å². The van der Waals surface area contributed by atoms with Crippen LogP contribution in [0.3, 0.4) is 0 Å². The molecule has 0 unspecified atom stereocenters. The first-order chi connectivity index (χ1) is 18.0. The Labute approximate surface area is 213 Å². The summed E-state index contributed by atoms with van der Waals surface area (Å²) in [5, 5.41) is 6.05. The average Bonchev–Trinajstić information content (AvgIpc) is 3.30. The molecule has 2 N–H and O–H groups in total. The summed E-state index contributed by atoms with van der Waals surface area (Å²) in [7, 11) is 1.37. The smallest absolute Gasteiger partial charge is 0.415 e. The maximum absolute atomic E-state index is 12.4. The number of carbonyl (C=O) groups is 3. The molecule has 2 amide bonds. The standard InChI is InChI=1S/C27H26N4O6/c1-35-26(33)20-7-3-6-19(13-20)18-5-2-4-17(12-18)14-28-11-10-21-15-31(27(34)37-21)23-9-8-22-25(29-23)30-24(32)16-36-22/h2-9,12-13,21,28H,10-11,14-16H2,1H3,(H,29,30,32)/t21-/m0/s1. The fraction of sp³-hybridized carbons (Fsp3) is 0.259. The highest BCUT2D eigenvalue weighted by molar-refractivity contribution is 5.95. The van der Waals surface area contributed by atoms with Crippen molar-refractivity contribution in [3.8, 4) is 16.9 Å². The zero-order valence-electron chi connectivity index (χ0n) is 20.2. The third-order valence-electron chi connectivity index (χ3n) is 6.13. The molecule has 0 aliphatic carbocycles. The topological polar surface area (TPSA) is 119 Å². The van der Waals surface area contributed by atoms with Crippen LogP contribution in [0, 0.1) is 0 Å². The second kappa shape index (κ2) is 10.7. The number of amides is 2. The molecule has 1 atom stereocenters. The molecule has 0 radical (unpaired) electrons. The molecular weight excluding hydrogens is 476 g/mol. The number of benzene rings is 2. The van der Waals surface area contributed by atoms with Crippen LogP contribution in [0.5, 0.6) is 5.75 Å². The minimum absolute atomic E-state index is 0.0538. The molecule has 0 bridgehead atoms. The van der Waals surface area contributed by atoms with Crippen LogP contribution in [-0.2, 0) is 20.8 Å². The number of pyridine rings is 1. The molecule has 1 saturated heterocycles. The van der Waals surface area contributed by atoms with Gasteiger partial charge in [-0.2, -0.15) is 0 Å². The molecule has 0 saturated carbocycles. The van der Waals surface area contributed by atoms with Gasteiger partial charge in [-0.15, -0.1) is 0 Å². The zero-order valence-corrected chi connectivity index (χ0v) is 20.2. The SMILES string of the molecule is COC(=O)c1cccc(-c2cccc(CNCC[C@H]3CN(c4ccc5c(n4)NC(=O)CO5)C(=O)O3)c2)c1. The van der Waals surface area contributed by atoms with Crippen molar-refractivity contribution < 1.29 is 28.6 Å². The quantitative estimate of drug-likeness (QED) is 0.356. The lowest BCUT2D eigenvalue weighted by Gasteiger charge is -2.19. The molecule has 3 aromatic rings. The van der Waals surface area contributed by atoms with E-state index >= 15 is 0 Å². The summed E-state index contributed by atoms with van der Waals surface area (Å²) >= 11 is 0. The van der Waals surface area contributed by atoms with Crippen LogP contribution in [0.15, 0.2) is 60.7 Å². The molecule has 1 aromatic heterocycles. The van der Waals surface area contributed by atoms with Crippen LogP contribution in [0.4, 0.5) is 16.4 Å². The fourth-order valence-electron chi connectivity index (χ4n) is 4.26. The predicted octanol–water partition coefficient (Wildman–Crippen LogP) is 3.37. The lowest BCUT2D eigenvalue weighted by Crippen LogP contribution is -2.29. The van der Waals surface area contributed by atoms with Crippen molar-refractivity contribution >= 4 is 29.6 Å². The fourth-order valence-corrected chi connectivity index (χ4v) is 4.26. The molecular formula is C27H26N4O6. The van der Waals surface area contributed by atoms with E-state index in [1.54, 1.807) is 18.2 Å². The molecule has 2 aromatic carbocycles. The Kier molecular flexibility index (Phi) is 7.00. The Bertz CT molecular complexity index is 1340. The highest BCUT2D eigenvalue weighted by Gasteiger charge is 2.33. The van der Waals surface area contributed by atoms with Crippen LogP contribution >= 0.6 is 0 Å². The molecule has 0 spiro atoms. The van der Waals surface area contributed by atoms with Gasteiger partial charge in [0.15, 0.2) is 18.2 Å². The van der Waals surface area contributed by atoms with Gasteiger partial charge in [-0.3, -0.25) is 9.69 Å². The van der Waals surface area contributed by atoms with Crippen molar-refractivity contribution in [1.29, 1.82) is 0 Å². The van der Waals surface area contributed by atoms with E-state index in [4.69, 9.17) is 14.2 Å². The van der Waals surface area contributed by atoms with Crippen molar-refractivity contribution in [1.82, 2.24) is 10.3 Å². The molecule has 10 heteroatoms. The van der Waals surface area contributed by atoms with Gasteiger partial charge in [0.2, 0.25) is 0 Å². The van der Waals surface area contributed by atoms with Crippen molar-refractivity contribution in [3.05, 3.63) is 71.8 Å². The van der Waals surface area contributed by atoms with Crippen molar-refractivity contribution in [3.63, 3.8) is 0 Å². The molecule has 5 rings (SSSR count). The second-order valence-corrected chi connectivity index (χ2v) is 8.71. The maximum Gasteiger partial charge on any atom is 0.415 e. The van der Waals surface area contributed by atoms with Gasteiger partial charge in [-0.25, -0.2) is 14.6 Å². The van der Waals surface area contributed by atoms with Crippen LogP contribution < -0.4 is 20.3 Å². The first-order valence-electron chi connectivity index (χ1n) is 11.9. The van der Waals surface area contributed by atoms with Crippen LogP contribution in [0.2, 0.25) is 0 Å². The van der Waals surface area contributed by atoms with Gasteiger partial charge >= 0.3 is 12.1 Å². The third-order valence-corrected chi connectivity index (χ3v) is 6.13. The summed E-state index contributed by atoms with van der Waals surface area (Å²) in [6, 6.07) is 18.8. The number of rotatable bonds is 8. The Morgan fingerprint density at radius 3 is 2.78 bits per heavy atom. The number of nitrogens with one attached hydrogen (secondary N) is 2. The van der Waals surface area contributed by atoms with Gasteiger partial charge in [-0.1, -0.05) is 30.3 Å². The lowest BCUT2D eigenvalue weighted by atomic mass is 10.0. The molecule has 1 fully saturated rings. The van der Waals surface area contributed by atoms with Gasteiger partial charge in [0, 0.05) is 6.54 Å². The zero-order chi connectivity index (χ0) is 25.8. The summed E-state index contributed by atoms with van der Waals surface area (Å²) in [5.74, 6) is 0.514. The summed E-state index contributed by atoms with van der Waals surface area (Å²) in [6.07, 6.45) is -0.119. The highest BCUT2D eigenvalue weighted by Crippen LogP contribution is 2.30. The number of anilines is 2. The van der Waals surface area contributed by atoms with E-state index in [1.807, 2.05) is 36.4 Å². The van der Waals surface area contributed by atoms with E-state index in [2.05, 4.69) is 21.7 Å². The Morgan fingerprint density at radius 2 is 1.95 bits per heavy atom. The normalized spacial score (nSPS) is 16.5. The number of aromatic nitrogens is 1. The van der Waals surface area contributed by atoms with Crippen LogP contribution in [0.1, 0.15) is 22.3 Å². The number of cyclic esters (lactones) is 1. The van der Waals surface area contributed by atoms with Gasteiger partial charge in [0.25, 0.3) is 5.91 Å². The van der Waals surface area contributed by atoms with Crippen molar-refractivity contribution in [2.45, 2.75) is 19.1 Å². The van der Waals surface area contributed by atoms with E-state index in [0.29, 0.717) is 49.0 Å². The minimum Gasteiger partial charge on any atom is -0.480 e. The van der Waals surface area contributed by atoms with Gasteiger partial charge in [0.05, 0.1) is 19.2 Å². The Balaban J connectivity index is 1.14. The van der Waals surface area contributed by atoms with Gasteiger partial charge < -0.3 is 24.8 Å². The number of carbonyl (C=O) groups excluding carboxylic acids is 3. The lowest BCUT2D eigenvalue weighted by molar-refractivity contribution is -0.118. The van der Waals surface area contributed by atoms with Crippen molar-refractivity contribution in [2.24, 2.45) is 0 Å². The number of nitrogens with zero attached hydrogens (tertiary/aromatic N) is 2. The van der Waals surface area contributed by atoms with Crippen LogP contribution in [0.25, 0.3) is 11.1 Å². The highest BCUT2D eigenvalue weighted by atomic mass is 16.6. The van der Waals surface area contributed by atoms with E-state index < -0.39 is 6.09 Å². The average molecular weight is 503 g/mol. The number of fused-ring (bicyclic) bond motifs is 1. The number of hydrogen-bond acceptors (Lipinski definition) is 8. The summed E-state index contributed by atoms with van der Waals surface area (Å²) in [4.78, 5) is 41.6. The molecule has 3 heterocycles. The first kappa shape index (κ1) is 24.3. The summed E-state index contributed by atoms with van der Waals surface area (Å²) in [5.41, 5.74) is 3.54. The maximum atomic E-state index is 12.4. The van der Waals surface area contributed by atoms with E-state index in [1.165, 1.54) is 12.0 Å². The van der Waals surface area contributed by atoms with Crippen LogP contribution in [-0.4, -0.2) is 55.9 Å². The minimum atomic E-state index is -0.470. The third kappa shape index (κ3) is 5.54. The van der Waals surface area contributed by atoms with Gasteiger partial charge in [-0.05, 0) is 60.0 Å². The van der Waals surface area contributed by atoms with E-state index in [-0.39, 0.29) is 24.6 Å². The summed E-state index contributed by atoms with van der Waals surface area (Å²) < 4.78 is 15.6. The molecule has 2 aliphatic rings. The number of methoxy groups -OCH3 is 1. The molecule has 10 nitrogen and oxygen atoms in total. The summed E-state index contributed by atoms with van der Waals surface area (Å²) in [6.45, 7) is 1.60. The first-order valence-corrected chi connectivity index (χ1v) is 11.9. The largest absolute Gasteiger partial charge is 0.480 e. The second-order valence-electron chi connectivity index (χ2n) is 8.71. The number of esters is 1. The van der Waals surface area contributed by atoms with Gasteiger partial charge in [0.1, 0.15) is 11.9 Å². The molecule has 2 aliphatic heterocycles. The van der Waals surface area contributed by atoms with E-state index in [0.717, 1.165) is 16.7 Å². The molecule has 37 heavy (non-hydrogen) atoms. The van der Waals surface area contributed by atoms with Crippen molar-refractivity contribution in [2.75, 3.05) is 37.0 Å². The molecule has 190 valence electrons. The Hall–Kier alpha value is -4.44. The predicted molar refractivity (Wildman–Crippen MR) is 136 cm³/mol. The number of hydrogen-bond donors (Lipinski definition) is 2.